The summed E-state index contributed by atoms with van der Waals surface area (Å²) in [6, 6.07) is 10.0. The van der Waals surface area contributed by atoms with E-state index in [4.69, 9.17) is 4.74 Å². The Hall–Kier alpha value is -1.55. The molecule has 0 aliphatic carbocycles. The van der Waals surface area contributed by atoms with Crippen molar-refractivity contribution in [2.45, 2.75) is 56.7 Å². The third kappa shape index (κ3) is 2.64. The highest BCUT2D eigenvalue weighted by molar-refractivity contribution is 5.69. The molecule has 3 rings (SSSR count). The lowest BCUT2D eigenvalue weighted by molar-refractivity contribution is -0.00588. The van der Waals surface area contributed by atoms with Crippen LogP contribution in [0.25, 0.3) is 0 Å². The van der Waals surface area contributed by atoms with Crippen LogP contribution in [0.1, 0.15) is 38.2 Å². The monoisotopic (exact) mass is 289 g/mol. The number of hydrogen-bond acceptors (Lipinski definition) is 3. The number of benzene rings is 1. The molecule has 4 nitrogen and oxygen atoms in total. The molecule has 1 aromatic carbocycles. The van der Waals surface area contributed by atoms with Gasteiger partial charge in [0.1, 0.15) is 0 Å². The minimum Gasteiger partial charge on any atom is -0.450 e. The van der Waals surface area contributed by atoms with E-state index >= 15 is 0 Å². The molecular formula is C17H23NO3. The van der Waals surface area contributed by atoms with Gasteiger partial charge in [0.05, 0.1) is 18.2 Å². The van der Waals surface area contributed by atoms with Gasteiger partial charge in [0, 0.05) is 12.5 Å². The molecule has 2 aliphatic rings. The molecule has 2 saturated heterocycles. The second-order valence-electron chi connectivity index (χ2n) is 6.18. The Balaban J connectivity index is 1.82. The first-order valence-corrected chi connectivity index (χ1v) is 7.85. The fourth-order valence-electron chi connectivity index (χ4n) is 3.97. The highest BCUT2D eigenvalue weighted by atomic mass is 16.6. The molecule has 1 aromatic rings. The SMILES string of the molecule is CCOC(=O)N1C2CCCC1C(O)(Cc1ccccc1)C2. The fraction of sp³-hybridized carbons (Fsp3) is 0.588. The van der Waals surface area contributed by atoms with E-state index < -0.39 is 5.60 Å². The molecule has 2 bridgehead atoms. The van der Waals surface area contributed by atoms with Crippen LogP contribution in [0.4, 0.5) is 4.79 Å². The number of nitrogens with zero attached hydrogens (tertiary/aromatic N) is 1. The highest BCUT2D eigenvalue weighted by Gasteiger charge is 2.54. The number of hydrogen-bond donors (Lipinski definition) is 1. The molecule has 0 spiro atoms. The van der Waals surface area contributed by atoms with Crippen molar-refractivity contribution in [2.24, 2.45) is 0 Å². The number of carbonyl (C=O) groups excluding carboxylic acids is 1. The molecule has 0 aromatic heterocycles. The van der Waals surface area contributed by atoms with E-state index in [1.54, 1.807) is 4.90 Å². The predicted octanol–water partition coefficient (Wildman–Crippen LogP) is 2.74. The number of fused-ring (bicyclic) bond motifs is 2. The Kier molecular flexibility index (Phi) is 3.89. The molecule has 2 heterocycles. The molecule has 0 radical (unpaired) electrons. The zero-order valence-electron chi connectivity index (χ0n) is 12.5. The normalized spacial score (nSPS) is 31.2. The smallest absolute Gasteiger partial charge is 0.410 e. The molecule has 2 aliphatic heterocycles. The second-order valence-corrected chi connectivity index (χ2v) is 6.18. The zero-order chi connectivity index (χ0) is 14.9. The highest BCUT2D eigenvalue weighted by Crippen LogP contribution is 2.44. The molecule has 3 atom stereocenters. The largest absolute Gasteiger partial charge is 0.450 e. The Morgan fingerprint density at radius 1 is 1.38 bits per heavy atom. The maximum atomic E-state index is 12.2. The van der Waals surface area contributed by atoms with Crippen LogP contribution in [0.3, 0.4) is 0 Å². The van der Waals surface area contributed by atoms with Gasteiger partial charge in [0.2, 0.25) is 0 Å². The summed E-state index contributed by atoms with van der Waals surface area (Å²) in [7, 11) is 0. The minimum atomic E-state index is -0.824. The van der Waals surface area contributed by atoms with Gasteiger partial charge in [0.25, 0.3) is 0 Å². The second kappa shape index (κ2) is 5.68. The van der Waals surface area contributed by atoms with E-state index in [2.05, 4.69) is 0 Å². The lowest BCUT2D eigenvalue weighted by Gasteiger charge is -2.37. The van der Waals surface area contributed by atoms with Crippen molar-refractivity contribution in [1.82, 2.24) is 4.90 Å². The van der Waals surface area contributed by atoms with Gasteiger partial charge < -0.3 is 9.84 Å². The van der Waals surface area contributed by atoms with Gasteiger partial charge in [-0.3, -0.25) is 4.90 Å². The van der Waals surface area contributed by atoms with Crippen LogP contribution in [0, 0.1) is 0 Å². The van der Waals surface area contributed by atoms with E-state index in [9.17, 15) is 9.90 Å². The van der Waals surface area contributed by atoms with Crippen LogP contribution in [0.2, 0.25) is 0 Å². The van der Waals surface area contributed by atoms with Crippen molar-refractivity contribution in [3.05, 3.63) is 35.9 Å². The number of piperidine rings is 1. The van der Waals surface area contributed by atoms with E-state index in [-0.39, 0.29) is 18.2 Å². The molecule has 4 heteroatoms. The Morgan fingerprint density at radius 3 is 2.86 bits per heavy atom. The van der Waals surface area contributed by atoms with Crippen LogP contribution in [-0.2, 0) is 11.2 Å². The maximum Gasteiger partial charge on any atom is 0.410 e. The van der Waals surface area contributed by atoms with Gasteiger partial charge in [-0.25, -0.2) is 4.79 Å². The van der Waals surface area contributed by atoms with E-state index in [1.165, 1.54) is 0 Å². The van der Waals surface area contributed by atoms with E-state index in [0.29, 0.717) is 19.4 Å². The number of ether oxygens (including phenoxy) is 1. The van der Waals surface area contributed by atoms with Gasteiger partial charge >= 0.3 is 6.09 Å². The zero-order valence-corrected chi connectivity index (χ0v) is 12.5. The maximum absolute atomic E-state index is 12.2. The van der Waals surface area contributed by atoms with Crippen LogP contribution >= 0.6 is 0 Å². The van der Waals surface area contributed by atoms with Gasteiger partial charge in [-0.15, -0.1) is 0 Å². The van der Waals surface area contributed by atoms with Crippen molar-refractivity contribution in [2.75, 3.05) is 6.61 Å². The number of carbonyl (C=O) groups is 1. The standard InChI is InChI=1S/C17H23NO3/c1-2-21-16(19)18-14-9-6-10-15(18)17(20,12-14)11-13-7-4-3-5-8-13/h3-5,7-8,14-15,20H,2,6,9-12H2,1H3. The summed E-state index contributed by atoms with van der Waals surface area (Å²) >= 11 is 0. The Morgan fingerprint density at radius 2 is 2.14 bits per heavy atom. The number of rotatable bonds is 3. The average Bonchev–Trinajstić information content (AvgIpc) is 2.63. The van der Waals surface area contributed by atoms with Gasteiger partial charge in [-0.05, 0) is 38.2 Å². The van der Waals surface area contributed by atoms with Crippen molar-refractivity contribution in [1.29, 1.82) is 0 Å². The number of aliphatic hydroxyl groups is 1. The lowest BCUT2D eigenvalue weighted by Crippen LogP contribution is -2.51. The van der Waals surface area contributed by atoms with Crippen molar-refractivity contribution in [3.63, 3.8) is 0 Å². The first-order valence-electron chi connectivity index (χ1n) is 7.85. The van der Waals surface area contributed by atoms with Gasteiger partial charge in [0.15, 0.2) is 0 Å². The quantitative estimate of drug-likeness (QED) is 0.931. The summed E-state index contributed by atoms with van der Waals surface area (Å²) in [6.07, 6.45) is 3.89. The molecular weight excluding hydrogens is 266 g/mol. The fourth-order valence-corrected chi connectivity index (χ4v) is 3.97. The summed E-state index contributed by atoms with van der Waals surface area (Å²) in [5.41, 5.74) is 0.298. The number of amides is 1. The van der Waals surface area contributed by atoms with Gasteiger partial charge in [-0.1, -0.05) is 30.3 Å². The molecule has 0 saturated carbocycles. The van der Waals surface area contributed by atoms with Crippen molar-refractivity contribution in [3.8, 4) is 0 Å². The van der Waals surface area contributed by atoms with Crippen LogP contribution in [-0.4, -0.2) is 40.4 Å². The van der Waals surface area contributed by atoms with Crippen LogP contribution in [0.5, 0.6) is 0 Å². The third-order valence-corrected chi connectivity index (χ3v) is 4.79. The molecule has 3 unspecified atom stereocenters. The molecule has 21 heavy (non-hydrogen) atoms. The van der Waals surface area contributed by atoms with Crippen molar-refractivity contribution < 1.29 is 14.6 Å². The van der Waals surface area contributed by atoms with E-state index in [1.807, 2.05) is 37.3 Å². The Bertz CT molecular complexity index is 504. The first kappa shape index (κ1) is 14.4. The predicted molar refractivity (Wildman–Crippen MR) is 80.0 cm³/mol. The first-order chi connectivity index (χ1) is 10.1. The summed E-state index contributed by atoms with van der Waals surface area (Å²) < 4.78 is 5.18. The summed E-state index contributed by atoms with van der Waals surface area (Å²) in [5, 5.41) is 11.2. The topological polar surface area (TPSA) is 49.8 Å². The average molecular weight is 289 g/mol. The molecule has 1 amide bonds. The molecule has 114 valence electrons. The molecule has 2 fully saturated rings. The summed E-state index contributed by atoms with van der Waals surface area (Å²) in [6.45, 7) is 2.20. The lowest BCUT2D eigenvalue weighted by atomic mass is 9.86. The van der Waals surface area contributed by atoms with Crippen LogP contribution in [0.15, 0.2) is 30.3 Å². The van der Waals surface area contributed by atoms with Crippen LogP contribution < -0.4 is 0 Å². The van der Waals surface area contributed by atoms with E-state index in [0.717, 1.165) is 24.8 Å². The Labute approximate surface area is 125 Å². The minimum absolute atomic E-state index is 0.115. The summed E-state index contributed by atoms with van der Waals surface area (Å²) in [4.78, 5) is 14.0. The van der Waals surface area contributed by atoms with Crippen molar-refractivity contribution >= 4 is 6.09 Å². The summed E-state index contributed by atoms with van der Waals surface area (Å²) in [5.74, 6) is 0. The molecule has 1 N–H and O–H groups in total. The third-order valence-electron chi connectivity index (χ3n) is 4.79. The van der Waals surface area contributed by atoms with Gasteiger partial charge in [-0.2, -0.15) is 0 Å².